The first kappa shape index (κ1) is 37.8. The molecule has 0 aliphatic carbocycles. The predicted molar refractivity (Wildman–Crippen MR) is 171 cm³/mol. The quantitative estimate of drug-likeness (QED) is 0.176. The van der Waals surface area contributed by atoms with Gasteiger partial charge in [-0.2, -0.15) is 5.10 Å². The Bertz CT molecular complexity index is 974. The molecule has 8 heteroatoms. The number of terminal acetylenes is 1. The molecule has 2 aliphatic heterocycles. The van der Waals surface area contributed by atoms with Crippen LogP contribution in [0.1, 0.15) is 59.1 Å². The Hall–Kier alpha value is -3.34. The summed E-state index contributed by atoms with van der Waals surface area (Å²) in [5.41, 5.74) is 8.27. The average Bonchev–Trinajstić information content (AvgIpc) is 2.96. The van der Waals surface area contributed by atoms with E-state index in [0.717, 1.165) is 23.5 Å². The van der Waals surface area contributed by atoms with E-state index in [4.69, 9.17) is 22.4 Å². The molecule has 1 fully saturated rings. The number of nitrogens with one attached hydrogen (secondary N) is 1. The maximum Gasteiger partial charge on any atom is 0.241 e. The number of primary amides is 1. The van der Waals surface area contributed by atoms with Crippen molar-refractivity contribution >= 4 is 29.4 Å². The third-order valence-electron chi connectivity index (χ3n) is 5.39. The highest BCUT2D eigenvalue weighted by Crippen LogP contribution is 2.28. The number of likely N-dealkylation sites (N-methyl/N-ethyl adjacent to an activating group) is 1. The smallest absolute Gasteiger partial charge is 0.241 e. The van der Waals surface area contributed by atoms with Gasteiger partial charge in [0.2, 0.25) is 5.91 Å². The number of nitrogens with two attached hydrogens (primary N) is 1. The number of alkyl halides is 1. The average molecular weight is 557 g/mol. The van der Waals surface area contributed by atoms with Gasteiger partial charge in [-0.1, -0.05) is 77.1 Å². The maximum atomic E-state index is 12.0. The van der Waals surface area contributed by atoms with E-state index in [2.05, 4.69) is 59.8 Å². The first-order valence-corrected chi connectivity index (χ1v) is 14.0. The number of aryl methyl sites for hydroxylation is 1. The number of aliphatic imine (C=N–C) groups is 1. The van der Waals surface area contributed by atoms with E-state index < -0.39 is 5.54 Å². The molecule has 1 aromatic rings. The number of hydrazone groups is 1. The van der Waals surface area contributed by atoms with Gasteiger partial charge in [-0.25, -0.2) is 5.01 Å². The van der Waals surface area contributed by atoms with Gasteiger partial charge in [0.15, 0.2) is 0 Å². The van der Waals surface area contributed by atoms with Crippen LogP contribution in [0.25, 0.3) is 0 Å². The van der Waals surface area contributed by atoms with Crippen molar-refractivity contribution in [2.75, 3.05) is 32.2 Å². The van der Waals surface area contributed by atoms with Crippen LogP contribution in [-0.2, 0) is 4.79 Å². The van der Waals surface area contributed by atoms with Crippen LogP contribution in [-0.4, -0.2) is 65.5 Å². The molecule has 0 atom stereocenters. The molecule has 2 aliphatic rings. The van der Waals surface area contributed by atoms with Crippen LogP contribution in [0, 0.1) is 19.8 Å². The van der Waals surface area contributed by atoms with E-state index in [1.807, 2.05) is 70.8 Å². The Labute approximate surface area is 242 Å². The number of hydrogen-bond donors (Lipinski definition) is 2. The molecule has 0 bridgehead atoms. The van der Waals surface area contributed by atoms with Crippen LogP contribution in [0.3, 0.4) is 0 Å². The van der Waals surface area contributed by atoms with Gasteiger partial charge < -0.3 is 16.0 Å². The fourth-order valence-corrected chi connectivity index (χ4v) is 3.69. The lowest BCUT2D eigenvalue weighted by molar-refractivity contribution is -0.131. The second kappa shape index (κ2) is 22.6. The van der Waals surface area contributed by atoms with Gasteiger partial charge in [0.25, 0.3) is 0 Å². The molecule has 0 aromatic heterocycles. The summed E-state index contributed by atoms with van der Waals surface area (Å²) >= 11 is 5.07. The molecule has 1 amide bonds. The number of nitrogens with zero attached hydrogens (tertiary/aromatic N) is 4. The third-order valence-corrected chi connectivity index (χ3v) is 5.61. The minimum Gasteiger partial charge on any atom is -0.368 e. The van der Waals surface area contributed by atoms with Crippen molar-refractivity contribution < 1.29 is 4.79 Å². The minimum atomic E-state index is -0.677. The van der Waals surface area contributed by atoms with Gasteiger partial charge in [0.05, 0.1) is 5.71 Å². The fourth-order valence-electron chi connectivity index (χ4n) is 3.69. The Morgan fingerprint density at radius 2 is 1.85 bits per heavy atom. The summed E-state index contributed by atoms with van der Waals surface area (Å²) in [6, 6.07) is 8.26. The van der Waals surface area contributed by atoms with E-state index in [-0.39, 0.29) is 5.91 Å². The first-order chi connectivity index (χ1) is 18.9. The normalized spacial score (nSPS) is 14.9. The second-order valence-corrected chi connectivity index (χ2v) is 8.12. The van der Waals surface area contributed by atoms with E-state index in [1.54, 1.807) is 12.3 Å². The van der Waals surface area contributed by atoms with Gasteiger partial charge >= 0.3 is 0 Å². The van der Waals surface area contributed by atoms with E-state index in [1.165, 1.54) is 5.56 Å². The predicted octanol–water partition coefficient (Wildman–Crippen LogP) is 5.71. The first-order valence-electron chi connectivity index (χ1n) is 13.4. The highest BCUT2D eigenvalue weighted by molar-refractivity contribution is 6.18. The number of hydrogen-bond acceptors (Lipinski definition) is 6. The molecule has 2 heterocycles. The molecule has 0 saturated carbocycles. The summed E-state index contributed by atoms with van der Waals surface area (Å²) in [7, 11) is 0. The maximum absolute atomic E-state index is 12.0. The lowest BCUT2D eigenvalue weighted by Gasteiger charge is -2.51. The summed E-state index contributed by atoms with van der Waals surface area (Å²) in [6.45, 7) is 19.6. The van der Waals surface area contributed by atoms with Crippen molar-refractivity contribution in [1.29, 1.82) is 0 Å². The third kappa shape index (κ3) is 11.9. The van der Waals surface area contributed by atoms with Crippen LogP contribution in [0.4, 0.5) is 0 Å². The van der Waals surface area contributed by atoms with Crippen molar-refractivity contribution in [3.05, 3.63) is 72.1 Å². The van der Waals surface area contributed by atoms with Crippen molar-refractivity contribution in [3.8, 4) is 12.8 Å². The Morgan fingerprint density at radius 1 is 1.26 bits per heavy atom. The summed E-state index contributed by atoms with van der Waals surface area (Å²) in [4.78, 5) is 18.5. The van der Waals surface area contributed by atoms with Crippen molar-refractivity contribution in [3.63, 3.8) is 0 Å². The number of allylic oxidation sites excluding steroid dienone is 4. The summed E-state index contributed by atoms with van der Waals surface area (Å²) < 4.78 is 0. The van der Waals surface area contributed by atoms with E-state index in [0.29, 0.717) is 32.2 Å². The summed E-state index contributed by atoms with van der Waals surface area (Å²) in [5.74, 6) is 1.17. The number of rotatable bonds is 9. The molecule has 7 nitrogen and oxygen atoms in total. The largest absolute Gasteiger partial charge is 0.368 e. The number of likely N-dealkylation sites (tertiary alicyclic amines) is 1. The Kier molecular flexibility index (Phi) is 21.9. The van der Waals surface area contributed by atoms with Crippen LogP contribution >= 0.6 is 11.6 Å². The topological polar surface area (TPSA) is 86.3 Å². The molecule has 1 saturated heterocycles. The lowest BCUT2D eigenvalue weighted by atomic mass is 9.88. The van der Waals surface area contributed by atoms with Gasteiger partial charge in [0.1, 0.15) is 18.0 Å². The van der Waals surface area contributed by atoms with Crippen LogP contribution < -0.4 is 11.1 Å². The SMILES string of the molecule is C#C.C/C=C/C/C(=N\N1CN=CC=C1N1CC(NCC)(C(N)=O)C1)c1ccccc1C.C=CCCl.CC.CC. The van der Waals surface area contributed by atoms with Gasteiger partial charge in [0, 0.05) is 37.2 Å². The van der Waals surface area contributed by atoms with Crippen LogP contribution in [0.2, 0.25) is 0 Å². The molecule has 3 rings (SSSR count). The standard InChI is InChI=1S/C22H30N6O.C3H5Cl.2C2H6.C2H2/c1-4-6-11-19(18-10-8-7-9-17(18)3)26-28-16-24-13-12-20(28)27-14-22(15-27,21(23)29)25-5-2;1-2-3-4;3*1-2/h4,6-10,12-13,25H,5,11,14-16H2,1-3H3,(H2,23,29);2H,1,3H2;2*1-2H3;1-2H/b6-4+,26-19+;;;;. The molecular weight excluding hydrogens is 508 g/mol. The van der Waals surface area contributed by atoms with Crippen molar-refractivity contribution in [1.82, 2.24) is 15.2 Å². The highest BCUT2D eigenvalue weighted by Gasteiger charge is 2.49. The molecule has 0 radical (unpaired) electrons. The molecule has 216 valence electrons. The van der Waals surface area contributed by atoms with E-state index in [9.17, 15) is 4.79 Å². The van der Waals surface area contributed by atoms with Gasteiger partial charge in [-0.3, -0.25) is 9.79 Å². The van der Waals surface area contributed by atoms with Crippen LogP contribution in [0.15, 0.2) is 71.1 Å². The molecular formula is C31H49ClN6O. The molecule has 0 unspecified atom stereocenters. The van der Waals surface area contributed by atoms with Gasteiger partial charge in [-0.15, -0.1) is 31.0 Å². The number of carbonyl (C=O) groups is 1. The highest BCUT2D eigenvalue weighted by atomic mass is 35.5. The van der Waals surface area contributed by atoms with Crippen molar-refractivity contribution in [2.45, 2.75) is 60.4 Å². The summed E-state index contributed by atoms with van der Waals surface area (Å²) in [6.07, 6.45) is 18.2. The molecule has 1 aromatic carbocycles. The number of amides is 1. The van der Waals surface area contributed by atoms with E-state index >= 15 is 0 Å². The number of halogens is 1. The second-order valence-electron chi connectivity index (χ2n) is 7.81. The Balaban J connectivity index is 0. The zero-order chi connectivity index (χ0) is 30.3. The number of carbonyl (C=O) groups excluding carboxylic acids is 1. The monoisotopic (exact) mass is 556 g/mol. The zero-order valence-corrected chi connectivity index (χ0v) is 25.7. The zero-order valence-electron chi connectivity index (χ0n) is 25.0. The summed E-state index contributed by atoms with van der Waals surface area (Å²) in [5, 5.41) is 10.1. The number of benzene rings is 1. The Morgan fingerprint density at radius 3 is 2.33 bits per heavy atom. The molecule has 39 heavy (non-hydrogen) atoms. The lowest BCUT2D eigenvalue weighted by Crippen LogP contribution is -2.75. The molecule has 0 spiro atoms. The minimum absolute atomic E-state index is 0.315. The fraction of sp³-hybridized carbons (Fsp3) is 0.452. The van der Waals surface area contributed by atoms with Crippen molar-refractivity contribution in [2.24, 2.45) is 15.8 Å². The van der Waals surface area contributed by atoms with Crippen LogP contribution in [0.5, 0.6) is 0 Å². The molecule has 3 N–H and O–H groups in total. The van der Waals surface area contributed by atoms with Gasteiger partial charge in [-0.05, 0) is 32.0 Å².